The van der Waals surface area contributed by atoms with Crippen LogP contribution in [0.4, 0.5) is 0 Å². The van der Waals surface area contributed by atoms with Crippen molar-refractivity contribution >= 4 is 5.97 Å². The van der Waals surface area contributed by atoms with Crippen molar-refractivity contribution in [3.05, 3.63) is 65.7 Å². The molecule has 0 bridgehead atoms. The van der Waals surface area contributed by atoms with Gasteiger partial charge in [0.2, 0.25) is 0 Å². The van der Waals surface area contributed by atoms with Crippen LogP contribution in [0.3, 0.4) is 0 Å². The van der Waals surface area contributed by atoms with Crippen molar-refractivity contribution in [3.63, 3.8) is 0 Å². The predicted octanol–water partition coefficient (Wildman–Crippen LogP) is 4.06. The van der Waals surface area contributed by atoms with Crippen molar-refractivity contribution in [2.75, 3.05) is 0 Å². The van der Waals surface area contributed by atoms with Crippen molar-refractivity contribution in [1.82, 2.24) is 0 Å². The van der Waals surface area contributed by atoms with E-state index in [-0.39, 0.29) is 5.97 Å². The number of hydrogen-bond donors (Lipinski definition) is 1. The van der Waals surface area contributed by atoms with E-state index in [0.29, 0.717) is 11.3 Å². The van der Waals surface area contributed by atoms with Crippen LogP contribution in [0.2, 0.25) is 0 Å². The minimum Gasteiger partial charge on any atom is -0.423 e. The first-order valence-electron chi connectivity index (χ1n) is 7.78. The van der Waals surface area contributed by atoms with Gasteiger partial charge in [0.05, 0.1) is 11.2 Å². The van der Waals surface area contributed by atoms with Gasteiger partial charge in [0.25, 0.3) is 0 Å². The number of carbonyl (C=O) groups is 1. The number of benzene rings is 2. The maximum Gasteiger partial charge on any atom is 0.343 e. The Morgan fingerprint density at radius 1 is 0.955 bits per heavy atom. The normalized spacial score (nSPS) is 17.0. The Balaban J connectivity index is 1.78. The summed E-state index contributed by atoms with van der Waals surface area (Å²) in [6.45, 7) is 0. The molecule has 3 nitrogen and oxygen atoms in total. The summed E-state index contributed by atoms with van der Waals surface area (Å²) >= 11 is 0. The van der Waals surface area contributed by atoms with Crippen LogP contribution in [0, 0.1) is 0 Å². The van der Waals surface area contributed by atoms with E-state index in [2.05, 4.69) is 0 Å². The lowest BCUT2D eigenvalue weighted by atomic mass is 9.80. The fraction of sp³-hybridized carbons (Fsp3) is 0.316. The lowest BCUT2D eigenvalue weighted by molar-refractivity contribution is -0.000849. The van der Waals surface area contributed by atoms with Gasteiger partial charge in [-0.2, -0.15) is 0 Å². The van der Waals surface area contributed by atoms with Crippen molar-refractivity contribution in [2.24, 2.45) is 0 Å². The maximum absolute atomic E-state index is 12.1. The number of hydrogen-bond acceptors (Lipinski definition) is 3. The molecule has 1 N–H and O–H groups in total. The highest BCUT2D eigenvalue weighted by molar-refractivity contribution is 5.90. The molecule has 2 aromatic carbocycles. The van der Waals surface area contributed by atoms with E-state index in [4.69, 9.17) is 4.74 Å². The molecule has 0 spiro atoms. The second-order valence-corrected chi connectivity index (χ2v) is 5.88. The molecule has 2 aromatic rings. The molecule has 0 unspecified atom stereocenters. The molecule has 1 fully saturated rings. The molecular formula is C19H20O3. The summed E-state index contributed by atoms with van der Waals surface area (Å²) in [6, 6.07) is 16.2. The Morgan fingerprint density at radius 3 is 2.41 bits per heavy atom. The van der Waals surface area contributed by atoms with Crippen LogP contribution in [-0.2, 0) is 5.60 Å². The topological polar surface area (TPSA) is 46.5 Å². The monoisotopic (exact) mass is 296 g/mol. The predicted molar refractivity (Wildman–Crippen MR) is 84.8 cm³/mol. The van der Waals surface area contributed by atoms with Gasteiger partial charge in [0.15, 0.2) is 0 Å². The third kappa shape index (κ3) is 3.20. The zero-order valence-corrected chi connectivity index (χ0v) is 12.5. The first-order chi connectivity index (χ1) is 10.7. The maximum atomic E-state index is 12.1. The standard InChI is InChI=1S/C19H20O3/c20-18(15-8-3-1-4-9-15)22-17-11-7-10-16(14-17)19(21)12-5-2-6-13-19/h1,3-4,7-11,14,21H,2,5-6,12-13H2. The molecule has 3 heteroatoms. The van der Waals surface area contributed by atoms with E-state index in [9.17, 15) is 9.90 Å². The van der Waals surface area contributed by atoms with Gasteiger partial charge in [0, 0.05) is 0 Å². The molecule has 1 aliphatic carbocycles. The summed E-state index contributed by atoms with van der Waals surface area (Å²) in [7, 11) is 0. The summed E-state index contributed by atoms with van der Waals surface area (Å²) in [5, 5.41) is 10.8. The molecule has 0 radical (unpaired) electrons. The van der Waals surface area contributed by atoms with Crippen LogP contribution in [0.25, 0.3) is 0 Å². The summed E-state index contributed by atoms with van der Waals surface area (Å²) in [5.41, 5.74) is 0.572. The minimum atomic E-state index is -0.784. The van der Waals surface area contributed by atoms with Crippen LogP contribution in [0.1, 0.15) is 48.0 Å². The van der Waals surface area contributed by atoms with Crippen LogP contribution in [0.5, 0.6) is 5.75 Å². The molecule has 3 rings (SSSR count). The molecule has 0 saturated heterocycles. The average Bonchev–Trinajstić information content (AvgIpc) is 2.57. The Hall–Kier alpha value is -2.13. The van der Waals surface area contributed by atoms with Crippen LogP contribution >= 0.6 is 0 Å². The zero-order valence-electron chi connectivity index (χ0n) is 12.5. The first kappa shape index (κ1) is 14.8. The average molecular weight is 296 g/mol. The quantitative estimate of drug-likeness (QED) is 0.686. The van der Waals surface area contributed by atoms with E-state index in [1.807, 2.05) is 18.2 Å². The van der Waals surface area contributed by atoms with Crippen molar-refractivity contribution in [1.29, 1.82) is 0 Å². The smallest absolute Gasteiger partial charge is 0.343 e. The first-order valence-corrected chi connectivity index (χ1v) is 7.78. The molecule has 22 heavy (non-hydrogen) atoms. The lowest BCUT2D eigenvalue weighted by Crippen LogP contribution is -2.28. The molecule has 0 aromatic heterocycles. The van der Waals surface area contributed by atoms with Gasteiger partial charge in [0.1, 0.15) is 5.75 Å². The number of aliphatic hydroxyl groups is 1. The molecule has 0 atom stereocenters. The number of rotatable bonds is 3. The van der Waals surface area contributed by atoms with Gasteiger partial charge in [-0.25, -0.2) is 4.79 Å². The molecule has 114 valence electrons. The Bertz CT molecular complexity index is 643. The summed E-state index contributed by atoms with van der Waals surface area (Å²) in [5.74, 6) is 0.0961. The van der Waals surface area contributed by atoms with Crippen LogP contribution in [-0.4, -0.2) is 11.1 Å². The van der Waals surface area contributed by atoms with Crippen molar-refractivity contribution in [3.8, 4) is 5.75 Å². The van der Waals surface area contributed by atoms with Gasteiger partial charge in [-0.3, -0.25) is 0 Å². The number of ether oxygens (including phenoxy) is 1. The van der Waals surface area contributed by atoms with E-state index in [1.54, 1.807) is 36.4 Å². The van der Waals surface area contributed by atoms with Gasteiger partial charge in [-0.05, 0) is 42.7 Å². The third-order valence-electron chi connectivity index (χ3n) is 4.27. The van der Waals surface area contributed by atoms with Gasteiger partial charge in [-0.15, -0.1) is 0 Å². The highest BCUT2D eigenvalue weighted by Gasteiger charge is 2.31. The van der Waals surface area contributed by atoms with E-state index >= 15 is 0 Å². The number of carbonyl (C=O) groups excluding carboxylic acids is 1. The van der Waals surface area contributed by atoms with E-state index in [1.165, 1.54) is 6.42 Å². The van der Waals surface area contributed by atoms with Crippen LogP contribution < -0.4 is 4.74 Å². The summed E-state index contributed by atoms with van der Waals surface area (Å²) < 4.78 is 5.43. The highest BCUT2D eigenvalue weighted by atomic mass is 16.5. The second-order valence-electron chi connectivity index (χ2n) is 5.88. The molecular weight excluding hydrogens is 276 g/mol. The Morgan fingerprint density at radius 2 is 1.68 bits per heavy atom. The van der Waals surface area contributed by atoms with Gasteiger partial charge in [-0.1, -0.05) is 49.6 Å². The largest absolute Gasteiger partial charge is 0.423 e. The van der Waals surface area contributed by atoms with Gasteiger partial charge >= 0.3 is 5.97 Å². The summed E-state index contributed by atoms with van der Waals surface area (Å²) in [6.07, 6.45) is 4.77. The molecule has 0 aliphatic heterocycles. The summed E-state index contributed by atoms with van der Waals surface area (Å²) in [4.78, 5) is 12.1. The minimum absolute atomic E-state index is 0.381. The highest BCUT2D eigenvalue weighted by Crippen LogP contribution is 2.38. The molecule has 0 heterocycles. The fourth-order valence-electron chi connectivity index (χ4n) is 3.01. The Labute approximate surface area is 130 Å². The van der Waals surface area contributed by atoms with Gasteiger partial charge < -0.3 is 9.84 Å². The fourth-order valence-corrected chi connectivity index (χ4v) is 3.01. The SMILES string of the molecule is O=C(Oc1cccc(C2(O)CCCCC2)c1)c1ccccc1. The molecule has 0 amide bonds. The van der Waals surface area contributed by atoms with E-state index < -0.39 is 5.60 Å². The molecule has 1 saturated carbocycles. The van der Waals surface area contributed by atoms with E-state index in [0.717, 1.165) is 31.2 Å². The molecule has 1 aliphatic rings. The Kier molecular flexibility index (Phi) is 4.25. The zero-order chi connectivity index (χ0) is 15.4. The third-order valence-corrected chi connectivity index (χ3v) is 4.27. The van der Waals surface area contributed by atoms with Crippen molar-refractivity contribution < 1.29 is 14.6 Å². The van der Waals surface area contributed by atoms with Crippen molar-refractivity contribution in [2.45, 2.75) is 37.7 Å². The van der Waals surface area contributed by atoms with Crippen LogP contribution in [0.15, 0.2) is 54.6 Å². The second kappa shape index (κ2) is 6.32. The number of esters is 1. The lowest BCUT2D eigenvalue weighted by Gasteiger charge is -2.32.